The Morgan fingerprint density at radius 3 is 2.58 bits per heavy atom. The van der Waals surface area contributed by atoms with Crippen LogP contribution in [0, 0.1) is 0 Å². The van der Waals surface area contributed by atoms with E-state index in [0.717, 1.165) is 41.3 Å². The summed E-state index contributed by atoms with van der Waals surface area (Å²) in [5.41, 5.74) is 3.17. The highest BCUT2D eigenvalue weighted by molar-refractivity contribution is 5.86. The van der Waals surface area contributed by atoms with Gasteiger partial charge in [-0.05, 0) is 70.1 Å². The first kappa shape index (κ1) is 15.7. The number of phenolic OH excluding ortho intramolecular Hbond substituents is 1. The van der Waals surface area contributed by atoms with Gasteiger partial charge in [0.05, 0.1) is 17.6 Å². The molecule has 2 aromatic rings. The molecule has 1 fully saturated rings. The van der Waals surface area contributed by atoms with Gasteiger partial charge in [0, 0.05) is 10.9 Å². The maximum Gasteiger partial charge on any atom is 0.339 e. The van der Waals surface area contributed by atoms with E-state index < -0.39 is 0 Å². The Labute approximate surface area is 142 Å². The summed E-state index contributed by atoms with van der Waals surface area (Å²) in [6, 6.07) is 4.81. The first-order chi connectivity index (χ1) is 11.6. The summed E-state index contributed by atoms with van der Waals surface area (Å²) in [6.45, 7) is 5.27. The van der Waals surface area contributed by atoms with E-state index in [1.807, 2.05) is 6.07 Å². The van der Waals surface area contributed by atoms with Gasteiger partial charge >= 0.3 is 5.63 Å². The highest BCUT2D eigenvalue weighted by atomic mass is 16.4. The van der Waals surface area contributed by atoms with Crippen LogP contribution >= 0.6 is 0 Å². The summed E-state index contributed by atoms with van der Waals surface area (Å²) < 4.78 is 5.70. The summed E-state index contributed by atoms with van der Waals surface area (Å²) >= 11 is 0. The molecule has 128 valence electrons. The molecule has 1 aromatic heterocycles. The van der Waals surface area contributed by atoms with Gasteiger partial charge in [0.15, 0.2) is 5.58 Å². The van der Waals surface area contributed by atoms with Crippen LogP contribution in [0.15, 0.2) is 21.3 Å². The Morgan fingerprint density at radius 1 is 1.12 bits per heavy atom. The van der Waals surface area contributed by atoms with Crippen LogP contribution in [-0.2, 0) is 19.4 Å². The van der Waals surface area contributed by atoms with Crippen molar-refractivity contribution in [1.82, 2.24) is 0 Å². The number of phenols is 1. The minimum atomic E-state index is -0.211. The van der Waals surface area contributed by atoms with E-state index in [-0.39, 0.29) is 11.4 Å². The van der Waals surface area contributed by atoms with Crippen LogP contribution < -0.4 is 10.5 Å². The zero-order valence-electron chi connectivity index (χ0n) is 14.5. The molecule has 0 radical (unpaired) electrons. The third-order valence-electron chi connectivity index (χ3n) is 6.14. The molecule has 0 amide bonds. The number of quaternary nitrogens is 1. The van der Waals surface area contributed by atoms with E-state index in [0.29, 0.717) is 24.2 Å². The van der Waals surface area contributed by atoms with E-state index in [9.17, 15) is 9.90 Å². The van der Waals surface area contributed by atoms with Gasteiger partial charge in [0.25, 0.3) is 0 Å². The average molecular weight is 328 g/mol. The summed E-state index contributed by atoms with van der Waals surface area (Å²) in [7, 11) is 0. The normalized spacial score (nSPS) is 24.4. The van der Waals surface area contributed by atoms with E-state index in [1.165, 1.54) is 24.2 Å². The fourth-order valence-corrected chi connectivity index (χ4v) is 4.70. The lowest BCUT2D eigenvalue weighted by Crippen LogP contribution is -3.18. The summed E-state index contributed by atoms with van der Waals surface area (Å²) in [5, 5.41) is 11.5. The van der Waals surface area contributed by atoms with Crippen molar-refractivity contribution in [2.24, 2.45) is 0 Å². The van der Waals surface area contributed by atoms with E-state index in [1.54, 1.807) is 6.07 Å². The van der Waals surface area contributed by atoms with Crippen molar-refractivity contribution in [3.8, 4) is 5.75 Å². The zero-order valence-corrected chi connectivity index (χ0v) is 14.5. The number of aryl methyl sites for hydroxylation is 1. The minimum absolute atomic E-state index is 0.211. The number of hydrogen-bond donors (Lipinski definition) is 2. The second kappa shape index (κ2) is 5.92. The molecule has 1 aliphatic heterocycles. The van der Waals surface area contributed by atoms with Crippen LogP contribution in [0.5, 0.6) is 5.75 Å². The van der Waals surface area contributed by atoms with Crippen LogP contribution in [0.25, 0.3) is 11.0 Å². The fraction of sp³-hybridized carbons (Fsp3) is 0.550. The van der Waals surface area contributed by atoms with Crippen LogP contribution in [0.1, 0.15) is 56.2 Å². The molecule has 0 bridgehead atoms. The average Bonchev–Trinajstić information content (AvgIpc) is 3.03. The largest absolute Gasteiger partial charge is 0.507 e. The van der Waals surface area contributed by atoms with Gasteiger partial charge in [-0.2, -0.15) is 0 Å². The summed E-state index contributed by atoms with van der Waals surface area (Å²) in [6.07, 6.45) is 6.46. The van der Waals surface area contributed by atoms with E-state index >= 15 is 0 Å². The van der Waals surface area contributed by atoms with Gasteiger partial charge in [-0.15, -0.1) is 0 Å². The number of nitrogens with one attached hydrogen (secondary N) is 1. The molecule has 1 aliphatic carbocycles. The van der Waals surface area contributed by atoms with Crippen LogP contribution in [0.3, 0.4) is 0 Å². The van der Waals surface area contributed by atoms with Crippen molar-refractivity contribution < 1.29 is 14.4 Å². The number of piperidine rings is 1. The lowest BCUT2D eigenvalue weighted by atomic mass is 9.95. The molecule has 4 heteroatoms. The molecule has 2 heterocycles. The van der Waals surface area contributed by atoms with Crippen LogP contribution in [0.2, 0.25) is 0 Å². The van der Waals surface area contributed by atoms with Crippen molar-refractivity contribution in [3.05, 3.63) is 39.2 Å². The zero-order chi connectivity index (χ0) is 16.8. The highest BCUT2D eigenvalue weighted by Crippen LogP contribution is 2.32. The van der Waals surface area contributed by atoms with Crippen molar-refractivity contribution in [2.75, 3.05) is 0 Å². The lowest BCUT2D eigenvalue weighted by Gasteiger charge is -2.36. The topological polar surface area (TPSA) is 54.9 Å². The van der Waals surface area contributed by atoms with E-state index in [4.69, 9.17) is 4.42 Å². The number of hydrogen-bond acceptors (Lipinski definition) is 3. The maximum atomic E-state index is 12.4. The van der Waals surface area contributed by atoms with Crippen LogP contribution in [0.4, 0.5) is 0 Å². The minimum Gasteiger partial charge on any atom is -0.507 e. The molecule has 2 aliphatic rings. The van der Waals surface area contributed by atoms with Crippen molar-refractivity contribution >= 4 is 11.0 Å². The van der Waals surface area contributed by atoms with Gasteiger partial charge < -0.3 is 14.4 Å². The molecule has 1 saturated heterocycles. The summed E-state index contributed by atoms with van der Waals surface area (Å²) in [4.78, 5) is 13.8. The lowest BCUT2D eigenvalue weighted by molar-refractivity contribution is -0.964. The monoisotopic (exact) mass is 328 g/mol. The van der Waals surface area contributed by atoms with Crippen molar-refractivity contribution in [2.45, 2.75) is 71.0 Å². The maximum absolute atomic E-state index is 12.4. The Kier molecular flexibility index (Phi) is 3.87. The third kappa shape index (κ3) is 2.44. The molecule has 1 aromatic carbocycles. The Balaban J connectivity index is 1.84. The second-order valence-corrected chi connectivity index (χ2v) is 7.62. The molecule has 0 unspecified atom stereocenters. The molecule has 24 heavy (non-hydrogen) atoms. The molecule has 2 atom stereocenters. The number of benzene rings is 1. The first-order valence-corrected chi connectivity index (χ1v) is 9.21. The predicted molar refractivity (Wildman–Crippen MR) is 93.6 cm³/mol. The molecule has 0 spiro atoms. The van der Waals surface area contributed by atoms with Crippen molar-refractivity contribution in [3.63, 3.8) is 0 Å². The molecule has 0 saturated carbocycles. The van der Waals surface area contributed by atoms with Gasteiger partial charge in [-0.3, -0.25) is 0 Å². The summed E-state index contributed by atoms with van der Waals surface area (Å²) in [5.74, 6) is 0.251. The van der Waals surface area contributed by atoms with Gasteiger partial charge in [0.1, 0.15) is 12.3 Å². The first-order valence-electron chi connectivity index (χ1n) is 9.21. The van der Waals surface area contributed by atoms with E-state index in [2.05, 4.69) is 13.8 Å². The Bertz CT molecular complexity index is 829. The SMILES string of the molecule is C[C@H]1CCC[C@H](C)[NH+]1Cc1c(O)ccc2c3c(c(=O)oc12)CCC3. The molecular weight excluding hydrogens is 302 g/mol. The molecule has 4 rings (SSSR count). The fourth-order valence-electron chi connectivity index (χ4n) is 4.70. The van der Waals surface area contributed by atoms with Gasteiger partial charge in [0.2, 0.25) is 0 Å². The quantitative estimate of drug-likeness (QED) is 0.832. The highest BCUT2D eigenvalue weighted by Gasteiger charge is 2.31. The third-order valence-corrected chi connectivity index (χ3v) is 6.14. The van der Waals surface area contributed by atoms with Crippen LogP contribution in [-0.4, -0.2) is 17.2 Å². The molecule has 2 N–H and O–H groups in total. The number of aromatic hydroxyl groups is 1. The second-order valence-electron chi connectivity index (χ2n) is 7.62. The van der Waals surface area contributed by atoms with Gasteiger partial charge in [-0.1, -0.05) is 0 Å². The smallest absolute Gasteiger partial charge is 0.339 e. The Morgan fingerprint density at radius 2 is 1.83 bits per heavy atom. The molecular formula is C20H26NO3+. The standard InChI is InChI=1S/C20H25NO3/c1-12-5-3-6-13(2)21(12)11-17-18(22)10-9-15-14-7-4-8-16(14)20(23)24-19(15)17/h9-10,12-13,22H,3-8,11H2,1-2H3/p+1/t12-,13-/m0/s1. The number of likely N-dealkylation sites (tertiary alicyclic amines) is 1. The van der Waals surface area contributed by atoms with Crippen molar-refractivity contribution in [1.29, 1.82) is 0 Å². The molecule has 4 nitrogen and oxygen atoms in total. The number of fused-ring (bicyclic) bond motifs is 3. The predicted octanol–water partition coefficient (Wildman–Crippen LogP) is 2.33. The number of rotatable bonds is 2. The van der Waals surface area contributed by atoms with Gasteiger partial charge in [-0.25, -0.2) is 4.79 Å². The Hall–Kier alpha value is -1.81.